The number of hydrogen-bond donors (Lipinski definition) is 0. The third kappa shape index (κ3) is 6.22. The van der Waals surface area contributed by atoms with Gasteiger partial charge in [-0.05, 0) is 104 Å². The molecule has 0 heterocycles. The first-order valence-electron chi connectivity index (χ1n) is 12.7. The summed E-state index contributed by atoms with van der Waals surface area (Å²) in [6.45, 7) is 4.32. The van der Waals surface area contributed by atoms with Gasteiger partial charge < -0.3 is 0 Å². The Balaban J connectivity index is 1.31. The van der Waals surface area contributed by atoms with E-state index in [0.717, 1.165) is 37.7 Å². The Hall–Kier alpha value is -2.67. The van der Waals surface area contributed by atoms with Crippen LogP contribution >= 0.6 is 0 Å². The van der Waals surface area contributed by atoms with Gasteiger partial charge in [0.2, 0.25) is 0 Å². The number of rotatable bonds is 8. The molecule has 172 valence electrons. The van der Waals surface area contributed by atoms with Crippen molar-refractivity contribution in [2.24, 2.45) is 0 Å². The normalized spacial score (nSPS) is 19.6. The average molecular weight is 441 g/mol. The van der Waals surface area contributed by atoms with Gasteiger partial charge in [-0.15, -0.1) is 0 Å². The minimum Gasteiger partial charge on any atom is -0.207 e. The average Bonchev–Trinajstić information content (AvgIpc) is 2.86. The summed E-state index contributed by atoms with van der Waals surface area (Å²) in [6, 6.07) is 26.1. The van der Waals surface area contributed by atoms with Crippen LogP contribution in [-0.4, -0.2) is 0 Å². The van der Waals surface area contributed by atoms with Crippen molar-refractivity contribution in [1.82, 2.24) is 0 Å². The van der Waals surface area contributed by atoms with Crippen LogP contribution in [0.3, 0.4) is 0 Å². The van der Waals surface area contributed by atoms with Gasteiger partial charge in [0.1, 0.15) is 5.82 Å². The lowest BCUT2D eigenvalue weighted by Gasteiger charge is -2.29. The van der Waals surface area contributed by atoms with Crippen molar-refractivity contribution in [3.05, 3.63) is 119 Å². The van der Waals surface area contributed by atoms with E-state index >= 15 is 0 Å². The van der Waals surface area contributed by atoms with Crippen molar-refractivity contribution in [2.45, 2.75) is 76.5 Å². The fraction of sp³-hybridized carbons (Fsp3) is 0.375. The van der Waals surface area contributed by atoms with Gasteiger partial charge in [0.05, 0.1) is 0 Å². The molecule has 4 rings (SSSR count). The zero-order chi connectivity index (χ0) is 23.0. The molecule has 1 saturated carbocycles. The van der Waals surface area contributed by atoms with Gasteiger partial charge in [0, 0.05) is 0 Å². The minimum atomic E-state index is -0.0283. The fourth-order valence-corrected chi connectivity index (χ4v) is 5.36. The van der Waals surface area contributed by atoms with E-state index in [-0.39, 0.29) is 5.82 Å². The Bertz CT molecular complexity index is 1020. The monoisotopic (exact) mass is 440 g/mol. The molecule has 3 aromatic carbocycles. The van der Waals surface area contributed by atoms with E-state index in [1.807, 2.05) is 19.1 Å². The first kappa shape index (κ1) is 23.5. The first-order chi connectivity index (χ1) is 16.1. The van der Waals surface area contributed by atoms with Gasteiger partial charge in [-0.3, -0.25) is 0 Å². The summed E-state index contributed by atoms with van der Waals surface area (Å²) in [4.78, 5) is 0. The van der Waals surface area contributed by atoms with Gasteiger partial charge in [-0.1, -0.05) is 85.8 Å². The summed E-state index contributed by atoms with van der Waals surface area (Å²) in [5, 5.41) is 0. The highest BCUT2D eigenvalue weighted by Gasteiger charge is 2.24. The summed E-state index contributed by atoms with van der Waals surface area (Å²) in [6.07, 6.45) is 11.6. The second kappa shape index (κ2) is 11.5. The van der Waals surface area contributed by atoms with Crippen molar-refractivity contribution in [3.8, 4) is 0 Å². The second-order valence-electron chi connectivity index (χ2n) is 9.76. The zero-order valence-electron chi connectivity index (χ0n) is 20.1. The van der Waals surface area contributed by atoms with E-state index in [0.29, 0.717) is 17.8 Å². The predicted molar refractivity (Wildman–Crippen MR) is 138 cm³/mol. The maximum atomic E-state index is 14.6. The number of hydrogen-bond acceptors (Lipinski definition) is 0. The molecule has 0 bridgehead atoms. The summed E-state index contributed by atoms with van der Waals surface area (Å²) in [7, 11) is 0. The first-order valence-corrected chi connectivity index (χ1v) is 12.7. The van der Waals surface area contributed by atoms with E-state index in [1.165, 1.54) is 35.1 Å². The lowest BCUT2D eigenvalue weighted by atomic mass is 9.76. The van der Waals surface area contributed by atoms with Crippen LogP contribution < -0.4 is 0 Å². The maximum absolute atomic E-state index is 14.6. The van der Waals surface area contributed by atoms with Crippen LogP contribution in [0.5, 0.6) is 0 Å². The molecule has 33 heavy (non-hydrogen) atoms. The van der Waals surface area contributed by atoms with Crippen molar-refractivity contribution in [2.75, 3.05) is 0 Å². The van der Waals surface area contributed by atoms with Gasteiger partial charge >= 0.3 is 0 Å². The molecule has 1 fully saturated rings. The summed E-state index contributed by atoms with van der Waals surface area (Å²) >= 11 is 0. The molecule has 1 aliphatic rings. The quantitative estimate of drug-likeness (QED) is 0.306. The van der Waals surface area contributed by atoms with Crippen molar-refractivity contribution < 1.29 is 4.39 Å². The molecule has 1 atom stereocenters. The number of halogens is 1. The van der Waals surface area contributed by atoms with Gasteiger partial charge in [-0.2, -0.15) is 0 Å². The number of benzene rings is 3. The smallest absolute Gasteiger partial charge is 0.126 e. The molecule has 0 N–H and O–H groups in total. The topological polar surface area (TPSA) is 0 Å². The van der Waals surface area contributed by atoms with Gasteiger partial charge in [0.25, 0.3) is 0 Å². The standard InChI is InChI=1S/C32H37F/c1-3-4-6-11-30-20-21-31(23-32(30)33)29-18-16-28(17-19-29)27-14-12-25(13-15-27)22-24(2)26-9-7-5-8-10-26/h3-5,7-10,12-15,20-21,23-24,28-29H,6,11,16-19,22H2,1-2H3/t24-,28?,29?/m1/s1. The Morgan fingerprint density at radius 2 is 1.48 bits per heavy atom. The molecule has 0 aromatic heterocycles. The van der Waals surface area contributed by atoms with Crippen molar-refractivity contribution in [3.63, 3.8) is 0 Å². The zero-order valence-corrected chi connectivity index (χ0v) is 20.1. The SMILES string of the molecule is CC=CCCc1ccc(C2CCC(c3ccc(C[C@@H](C)c4ccccc4)cc3)CC2)cc1F. The van der Waals surface area contributed by atoms with E-state index in [2.05, 4.69) is 73.7 Å². The van der Waals surface area contributed by atoms with Crippen LogP contribution in [0.1, 0.15) is 91.5 Å². The highest BCUT2D eigenvalue weighted by Crippen LogP contribution is 2.41. The molecule has 0 unspecified atom stereocenters. The highest BCUT2D eigenvalue weighted by atomic mass is 19.1. The Morgan fingerprint density at radius 1 is 0.848 bits per heavy atom. The maximum Gasteiger partial charge on any atom is 0.126 e. The molecule has 3 aromatic rings. The lowest BCUT2D eigenvalue weighted by Crippen LogP contribution is -2.12. The molecule has 1 heteroatoms. The molecule has 0 saturated heterocycles. The molecule has 0 spiro atoms. The molecular weight excluding hydrogens is 403 g/mol. The van der Waals surface area contributed by atoms with Crippen LogP contribution in [0, 0.1) is 5.82 Å². The van der Waals surface area contributed by atoms with Gasteiger partial charge in [0.15, 0.2) is 0 Å². The molecule has 1 aliphatic carbocycles. The highest BCUT2D eigenvalue weighted by molar-refractivity contribution is 5.31. The van der Waals surface area contributed by atoms with Crippen LogP contribution in [0.2, 0.25) is 0 Å². The van der Waals surface area contributed by atoms with E-state index in [4.69, 9.17) is 0 Å². The summed E-state index contributed by atoms with van der Waals surface area (Å²) in [5.41, 5.74) is 6.31. The van der Waals surface area contributed by atoms with Crippen LogP contribution in [0.15, 0.2) is 84.9 Å². The Morgan fingerprint density at radius 3 is 2.12 bits per heavy atom. The van der Waals surface area contributed by atoms with Crippen molar-refractivity contribution >= 4 is 0 Å². The van der Waals surface area contributed by atoms with E-state index in [9.17, 15) is 4.39 Å². The molecular formula is C32H37F. The van der Waals surface area contributed by atoms with Crippen LogP contribution in [-0.2, 0) is 12.8 Å². The molecule has 0 radical (unpaired) electrons. The third-order valence-electron chi connectivity index (χ3n) is 7.45. The fourth-order valence-electron chi connectivity index (χ4n) is 5.36. The van der Waals surface area contributed by atoms with Crippen LogP contribution in [0.4, 0.5) is 4.39 Å². The Labute approximate surface area is 199 Å². The molecule has 0 aliphatic heterocycles. The van der Waals surface area contributed by atoms with Crippen LogP contribution in [0.25, 0.3) is 0 Å². The Kier molecular flexibility index (Phi) is 8.15. The number of allylic oxidation sites excluding steroid dienone is 2. The summed E-state index contributed by atoms with van der Waals surface area (Å²) in [5.74, 6) is 1.62. The van der Waals surface area contributed by atoms with Crippen molar-refractivity contribution in [1.29, 1.82) is 0 Å². The largest absolute Gasteiger partial charge is 0.207 e. The minimum absolute atomic E-state index is 0.0283. The van der Waals surface area contributed by atoms with E-state index < -0.39 is 0 Å². The predicted octanol–water partition coefficient (Wildman–Crippen LogP) is 9.12. The second-order valence-corrected chi connectivity index (χ2v) is 9.76. The number of aryl methyl sites for hydroxylation is 1. The molecule has 0 amide bonds. The lowest BCUT2D eigenvalue weighted by molar-refractivity contribution is 0.395. The molecule has 0 nitrogen and oxygen atoms in total. The summed E-state index contributed by atoms with van der Waals surface area (Å²) < 4.78 is 14.6. The van der Waals surface area contributed by atoms with Gasteiger partial charge in [-0.25, -0.2) is 4.39 Å². The van der Waals surface area contributed by atoms with E-state index in [1.54, 1.807) is 6.07 Å². The third-order valence-corrected chi connectivity index (χ3v) is 7.45.